The van der Waals surface area contributed by atoms with Gasteiger partial charge in [0.05, 0.1) is 5.70 Å². The summed E-state index contributed by atoms with van der Waals surface area (Å²) in [6.45, 7) is 16.2. The number of hydrogen-bond donors (Lipinski definition) is 1. The SMILES string of the molecule is C/C=C(\N=C(C)C(C)(C)C)c1ccc(CC)cc1.CCCNC. The Hall–Kier alpha value is -1.41. The molecule has 2 nitrogen and oxygen atoms in total. The van der Waals surface area contributed by atoms with Crippen molar-refractivity contribution >= 4 is 11.4 Å². The van der Waals surface area contributed by atoms with Crippen LogP contribution in [-0.4, -0.2) is 19.3 Å². The summed E-state index contributed by atoms with van der Waals surface area (Å²) in [6, 6.07) is 8.68. The first kappa shape index (κ1) is 21.6. The van der Waals surface area contributed by atoms with Crippen LogP contribution in [-0.2, 0) is 6.42 Å². The van der Waals surface area contributed by atoms with Gasteiger partial charge in [0.25, 0.3) is 0 Å². The second-order valence-corrected chi connectivity index (χ2v) is 6.78. The third kappa shape index (κ3) is 8.71. The van der Waals surface area contributed by atoms with Gasteiger partial charge in [-0.1, -0.05) is 65.0 Å². The summed E-state index contributed by atoms with van der Waals surface area (Å²) in [5.74, 6) is 0. The van der Waals surface area contributed by atoms with Crippen molar-refractivity contribution in [2.24, 2.45) is 10.4 Å². The summed E-state index contributed by atoms with van der Waals surface area (Å²) in [7, 11) is 1.96. The first-order valence-corrected chi connectivity index (χ1v) is 8.76. The molecule has 0 aliphatic carbocycles. The molecule has 1 aromatic rings. The van der Waals surface area contributed by atoms with Crippen molar-refractivity contribution in [1.82, 2.24) is 5.32 Å². The predicted molar refractivity (Wildman–Crippen MR) is 106 cm³/mol. The zero-order chi connectivity index (χ0) is 17.9. The fraction of sp³-hybridized carbons (Fsp3) is 0.571. The summed E-state index contributed by atoms with van der Waals surface area (Å²) in [6.07, 6.45) is 4.39. The highest BCUT2D eigenvalue weighted by Crippen LogP contribution is 2.22. The number of aliphatic imine (C=N–C) groups is 1. The second kappa shape index (κ2) is 11.2. The van der Waals surface area contributed by atoms with E-state index in [-0.39, 0.29) is 5.41 Å². The lowest BCUT2D eigenvalue weighted by atomic mass is 9.91. The van der Waals surface area contributed by atoms with Crippen molar-refractivity contribution in [3.63, 3.8) is 0 Å². The number of hydrogen-bond acceptors (Lipinski definition) is 2. The lowest BCUT2D eigenvalue weighted by molar-refractivity contribution is 0.588. The number of rotatable bonds is 5. The van der Waals surface area contributed by atoms with Crippen LogP contribution in [0.2, 0.25) is 0 Å². The zero-order valence-electron chi connectivity index (χ0n) is 16.5. The van der Waals surface area contributed by atoms with E-state index in [0.29, 0.717) is 0 Å². The maximum Gasteiger partial charge on any atom is 0.0658 e. The average molecular weight is 317 g/mol. The molecule has 0 amide bonds. The Morgan fingerprint density at radius 3 is 2.00 bits per heavy atom. The zero-order valence-corrected chi connectivity index (χ0v) is 16.5. The van der Waals surface area contributed by atoms with Crippen molar-refractivity contribution in [2.45, 2.75) is 61.3 Å². The molecule has 0 saturated heterocycles. The summed E-state index contributed by atoms with van der Waals surface area (Å²) < 4.78 is 0. The standard InChI is InChI=1S/C17H25N.C4H11N/c1-7-14-9-11-15(12-10-14)16(8-2)18-13(3)17(4,5)6;1-3-4-5-2/h8-12H,7H2,1-6H3;5H,3-4H2,1-2H3/b16-8-,18-13?;. The van der Waals surface area contributed by atoms with Crippen LogP contribution in [0.1, 0.15) is 66.0 Å². The molecule has 2 heteroatoms. The molecule has 0 saturated carbocycles. The van der Waals surface area contributed by atoms with Crippen LogP contribution in [0.5, 0.6) is 0 Å². The van der Waals surface area contributed by atoms with Crippen molar-refractivity contribution in [3.8, 4) is 0 Å². The number of benzene rings is 1. The fourth-order valence-corrected chi connectivity index (χ4v) is 1.81. The van der Waals surface area contributed by atoms with Gasteiger partial charge < -0.3 is 5.32 Å². The number of allylic oxidation sites excluding steroid dienone is 1. The van der Waals surface area contributed by atoms with Gasteiger partial charge in [-0.15, -0.1) is 0 Å². The number of nitrogens with one attached hydrogen (secondary N) is 1. The van der Waals surface area contributed by atoms with E-state index in [2.05, 4.69) is 77.2 Å². The summed E-state index contributed by atoms with van der Waals surface area (Å²) in [5.41, 5.74) is 4.90. The lowest BCUT2D eigenvalue weighted by Crippen LogP contribution is -2.16. The molecular formula is C21H36N2. The highest BCUT2D eigenvalue weighted by atomic mass is 14.8. The normalized spacial score (nSPS) is 12.7. The Kier molecular flexibility index (Phi) is 10.5. The summed E-state index contributed by atoms with van der Waals surface area (Å²) in [5, 5.41) is 3.02. The third-order valence-corrected chi connectivity index (χ3v) is 3.80. The van der Waals surface area contributed by atoms with Gasteiger partial charge in [-0.25, -0.2) is 0 Å². The van der Waals surface area contributed by atoms with Gasteiger partial charge in [0.2, 0.25) is 0 Å². The van der Waals surface area contributed by atoms with Crippen LogP contribution < -0.4 is 5.32 Å². The van der Waals surface area contributed by atoms with E-state index < -0.39 is 0 Å². The Bertz CT molecular complexity index is 486. The van der Waals surface area contributed by atoms with Crippen molar-refractivity contribution in [1.29, 1.82) is 0 Å². The van der Waals surface area contributed by atoms with E-state index in [1.165, 1.54) is 17.5 Å². The Morgan fingerprint density at radius 2 is 1.70 bits per heavy atom. The van der Waals surface area contributed by atoms with E-state index in [1.54, 1.807) is 0 Å². The molecule has 0 aliphatic rings. The first-order chi connectivity index (χ1) is 10.8. The first-order valence-electron chi connectivity index (χ1n) is 8.76. The van der Waals surface area contributed by atoms with Crippen LogP contribution in [0.4, 0.5) is 0 Å². The minimum absolute atomic E-state index is 0.123. The molecule has 1 aromatic carbocycles. The molecule has 0 fully saturated rings. The van der Waals surface area contributed by atoms with Gasteiger partial charge >= 0.3 is 0 Å². The summed E-state index contributed by atoms with van der Waals surface area (Å²) >= 11 is 0. The Labute approximate surface area is 144 Å². The van der Waals surface area contributed by atoms with E-state index in [4.69, 9.17) is 4.99 Å². The van der Waals surface area contributed by atoms with Crippen LogP contribution in [0.15, 0.2) is 35.3 Å². The Balaban J connectivity index is 0.000000841. The monoisotopic (exact) mass is 316 g/mol. The molecule has 0 spiro atoms. The number of nitrogens with zero attached hydrogens (tertiary/aromatic N) is 1. The fourth-order valence-electron chi connectivity index (χ4n) is 1.81. The van der Waals surface area contributed by atoms with E-state index in [0.717, 1.165) is 24.4 Å². The molecule has 1 N–H and O–H groups in total. The molecule has 0 aromatic heterocycles. The van der Waals surface area contributed by atoms with Gasteiger partial charge in [0.1, 0.15) is 0 Å². The number of aryl methyl sites for hydroxylation is 1. The van der Waals surface area contributed by atoms with Gasteiger partial charge in [-0.3, -0.25) is 4.99 Å². The van der Waals surface area contributed by atoms with E-state index >= 15 is 0 Å². The molecular weight excluding hydrogens is 280 g/mol. The molecule has 0 atom stereocenters. The minimum atomic E-state index is 0.123. The second-order valence-electron chi connectivity index (χ2n) is 6.78. The smallest absolute Gasteiger partial charge is 0.0658 e. The third-order valence-electron chi connectivity index (χ3n) is 3.80. The lowest BCUT2D eigenvalue weighted by Gasteiger charge is -2.18. The van der Waals surface area contributed by atoms with Crippen LogP contribution in [0.3, 0.4) is 0 Å². The topological polar surface area (TPSA) is 24.4 Å². The predicted octanol–water partition coefficient (Wildman–Crippen LogP) is 5.73. The van der Waals surface area contributed by atoms with E-state index in [9.17, 15) is 0 Å². The molecule has 0 radical (unpaired) electrons. The van der Waals surface area contributed by atoms with Gasteiger partial charge in [-0.2, -0.15) is 0 Å². The van der Waals surface area contributed by atoms with Crippen LogP contribution in [0.25, 0.3) is 5.70 Å². The van der Waals surface area contributed by atoms with Crippen molar-refractivity contribution in [3.05, 3.63) is 41.5 Å². The Morgan fingerprint density at radius 1 is 1.13 bits per heavy atom. The maximum atomic E-state index is 4.77. The van der Waals surface area contributed by atoms with Crippen molar-refractivity contribution < 1.29 is 0 Å². The highest BCUT2D eigenvalue weighted by Gasteiger charge is 2.14. The average Bonchev–Trinajstić information content (AvgIpc) is 2.53. The van der Waals surface area contributed by atoms with Gasteiger partial charge in [0, 0.05) is 5.71 Å². The van der Waals surface area contributed by atoms with Crippen LogP contribution in [0, 0.1) is 5.41 Å². The van der Waals surface area contributed by atoms with E-state index in [1.807, 2.05) is 14.0 Å². The highest BCUT2D eigenvalue weighted by molar-refractivity contribution is 5.91. The van der Waals surface area contributed by atoms with Gasteiger partial charge in [-0.05, 0) is 56.8 Å². The quantitative estimate of drug-likeness (QED) is 0.689. The molecule has 0 heterocycles. The maximum absolute atomic E-state index is 4.77. The molecule has 0 aliphatic heterocycles. The molecule has 130 valence electrons. The van der Waals surface area contributed by atoms with Crippen molar-refractivity contribution in [2.75, 3.05) is 13.6 Å². The van der Waals surface area contributed by atoms with Crippen LogP contribution >= 0.6 is 0 Å². The summed E-state index contributed by atoms with van der Waals surface area (Å²) in [4.78, 5) is 4.77. The minimum Gasteiger partial charge on any atom is -0.320 e. The molecule has 0 unspecified atom stereocenters. The molecule has 1 rings (SSSR count). The molecule has 0 bridgehead atoms. The van der Waals surface area contributed by atoms with Gasteiger partial charge in [0.15, 0.2) is 0 Å². The molecule has 23 heavy (non-hydrogen) atoms. The largest absolute Gasteiger partial charge is 0.320 e.